The van der Waals surface area contributed by atoms with Crippen molar-refractivity contribution in [3.05, 3.63) is 41.2 Å². The van der Waals surface area contributed by atoms with Crippen LogP contribution < -0.4 is 5.73 Å². The van der Waals surface area contributed by atoms with E-state index >= 15 is 0 Å². The summed E-state index contributed by atoms with van der Waals surface area (Å²) in [7, 11) is 0. The zero-order valence-corrected chi connectivity index (χ0v) is 7.94. The Morgan fingerprint density at radius 1 is 1.00 bits per heavy atom. The molecular formula is C11H8F3N. The van der Waals surface area contributed by atoms with Crippen molar-refractivity contribution in [1.29, 1.82) is 0 Å². The molecule has 0 radical (unpaired) electrons. The molecule has 0 aliphatic carbocycles. The summed E-state index contributed by atoms with van der Waals surface area (Å²) in [6.45, 7) is 1.56. The first-order valence-electron chi connectivity index (χ1n) is 4.34. The summed E-state index contributed by atoms with van der Waals surface area (Å²) in [6.07, 6.45) is 0. The zero-order valence-electron chi connectivity index (χ0n) is 7.94. The summed E-state index contributed by atoms with van der Waals surface area (Å²) in [5.41, 5.74) is 6.24. The number of hydrogen-bond donors (Lipinski definition) is 1. The Morgan fingerprint density at radius 3 is 2.33 bits per heavy atom. The second-order valence-corrected chi connectivity index (χ2v) is 3.41. The Bertz CT molecular complexity index is 549. The van der Waals surface area contributed by atoms with E-state index in [1.54, 1.807) is 6.92 Å². The third kappa shape index (κ3) is 1.42. The molecule has 0 bridgehead atoms. The average Bonchev–Trinajstić information content (AvgIpc) is 2.13. The summed E-state index contributed by atoms with van der Waals surface area (Å²) < 4.78 is 39.7. The highest BCUT2D eigenvalue weighted by molar-refractivity contribution is 5.89. The molecule has 0 unspecified atom stereocenters. The maximum Gasteiger partial charge on any atom is 0.167 e. The fourth-order valence-corrected chi connectivity index (χ4v) is 1.67. The van der Waals surface area contributed by atoms with Gasteiger partial charge in [0.15, 0.2) is 11.6 Å². The van der Waals surface area contributed by atoms with Crippen LogP contribution in [0.2, 0.25) is 0 Å². The lowest BCUT2D eigenvalue weighted by Gasteiger charge is -2.07. The van der Waals surface area contributed by atoms with Crippen LogP contribution in [-0.4, -0.2) is 0 Å². The molecule has 2 rings (SSSR count). The maximum absolute atomic E-state index is 13.4. The molecule has 0 aliphatic rings. The SMILES string of the molecule is Cc1cc(N)cc2c(F)cc(F)c(F)c12. The second-order valence-electron chi connectivity index (χ2n) is 3.41. The molecule has 0 aliphatic heterocycles. The van der Waals surface area contributed by atoms with Gasteiger partial charge in [-0.25, -0.2) is 13.2 Å². The number of anilines is 1. The summed E-state index contributed by atoms with van der Waals surface area (Å²) >= 11 is 0. The van der Waals surface area contributed by atoms with Gasteiger partial charge in [-0.05, 0) is 24.6 Å². The van der Waals surface area contributed by atoms with Crippen LogP contribution in [0.15, 0.2) is 18.2 Å². The Labute approximate surface area is 84.3 Å². The molecule has 2 aromatic carbocycles. The molecule has 0 fully saturated rings. The van der Waals surface area contributed by atoms with Gasteiger partial charge in [0.2, 0.25) is 0 Å². The van der Waals surface area contributed by atoms with Crippen LogP contribution in [0.1, 0.15) is 5.56 Å². The van der Waals surface area contributed by atoms with Gasteiger partial charge in [0.25, 0.3) is 0 Å². The van der Waals surface area contributed by atoms with Crippen molar-refractivity contribution in [3.63, 3.8) is 0 Å². The highest BCUT2D eigenvalue weighted by Gasteiger charge is 2.14. The first-order chi connectivity index (χ1) is 7.00. The van der Waals surface area contributed by atoms with Gasteiger partial charge in [0.1, 0.15) is 5.82 Å². The van der Waals surface area contributed by atoms with E-state index < -0.39 is 17.5 Å². The van der Waals surface area contributed by atoms with Gasteiger partial charge in [-0.3, -0.25) is 0 Å². The normalized spacial score (nSPS) is 10.9. The van der Waals surface area contributed by atoms with Gasteiger partial charge in [0, 0.05) is 22.5 Å². The smallest absolute Gasteiger partial charge is 0.167 e. The average molecular weight is 211 g/mol. The van der Waals surface area contributed by atoms with E-state index in [1.165, 1.54) is 12.1 Å². The number of fused-ring (bicyclic) bond motifs is 1. The summed E-state index contributed by atoms with van der Waals surface area (Å²) in [5, 5.41) is -0.0481. The summed E-state index contributed by atoms with van der Waals surface area (Å²) in [4.78, 5) is 0. The molecule has 1 nitrogen and oxygen atoms in total. The fraction of sp³-hybridized carbons (Fsp3) is 0.0909. The lowest BCUT2D eigenvalue weighted by atomic mass is 10.0. The Morgan fingerprint density at radius 2 is 1.67 bits per heavy atom. The van der Waals surface area contributed by atoms with Crippen LogP contribution in [0.4, 0.5) is 18.9 Å². The molecule has 0 amide bonds. The Kier molecular flexibility index (Phi) is 2.07. The number of nitrogen functional groups attached to an aromatic ring is 1. The van der Waals surface area contributed by atoms with Crippen molar-refractivity contribution in [2.24, 2.45) is 0 Å². The van der Waals surface area contributed by atoms with Crippen LogP contribution in [0.3, 0.4) is 0 Å². The van der Waals surface area contributed by atoms with Crippen molar-refractivity contribution >= 4 is 16.5 Å². The molecule has 2 N–H and O–H groups in total. The lowest BCUT2D eigenvalue weighted by Crippen LogP contribution is -1.95. The van der Waals surface area contributed by atoms with Crippen molar-refractivity contribution in [1.82, 2.24) is 0 Å². The van der Waals surface area contributed by atoms with E-state index in [0.29, 0.717) is 17.3 Å². The number of hydrogen-bond acceptors (Lipinski definition) is 1. The van der Waals surface area contributed by atoms with Crippen LogP contribution in [0.25, 0.3) is 10.8 Å². The van der Waals surface area contributed by atoms with E-state index in [2.05, 4.69) is 0 Å². The van der Waals surface area contributed by atoms with Gasteiger partial charge in [-0.2, -0.15) is 0 Å². The molecule has 0 spiro atoms. The maximum atomic E-state index is 13.4. The highest BCUT2D eigenvalue weighted by Crippen LogP contribution is 2.28. The number of nitrogens with two attached hydrogens (primary N) is 1. The van der Waals surface area contributed by atoms with Gasteiger partial charge < -0.3 is 5.73 Å². The van der Waals surface area contributed by atoms with Gasteiger partial charge >= 0.3 is 0 Å². The van der Waals surface area contributed by atoms with Crippen molar-refractivity contribution in [3.8, 4) is 0 Å². The molecule has 0 aromatic heterocycles. The third-order valence-corrected chi connectivity index (χ3v) is 2.30. The van der Waals surface area contributed by atoms with Crippen molar-refractivity contribution < 1.29 is 13.2 Å². The van der Waals surface area contributed by atoms with E-state index in [0.717, 1.165) is 0 Å². The Hall–Kier alpha value is -1.71. The molecule has 0 atom stereocenters. The van der Waals surface area contributed by atoms with Gasteiger partial charge in [-0.15, -0.1) is 0 Å². The molecule has 4 heteroatoms. The molecule has 0 heterocycles. The molecule has 78 valence electrons. The van der Waals surface area contributed by atoms with E-state index in [4.69, 9.17) is 5.73 Å². The van der Waals surface area contributed by atoms with Crippen molar-refractivity contribution in [2.75, 3.05) is 5.73 Å². The number of aryl methyl sites for hydroxylation is 1. The molecule has 15 heavy (non-hydrogen) atoms. The van der Waals surface area contributed by atoms with Gasteiger partial charge in [-0.1, -0.05) is 0 Å². The standard InChI is InChI=1S/C11H8F3N/c1-5-2-6(15)3-7-8(12)4-9(13)11(14)10(5)7/h2-4H,15H2,1H3. The molecule has 0 saturated heterocycles. The van der Waals surface area contributed by atoms with Crippen molar-refractivity contribution in [2.45, 2.75) is 6.92 Å². The number of halogens is 3. The molecule has 0 saturated carbocycles. The topological polar surface area (TPSA) is 26.0 Å². The van der Waals surface area contributed by atoms with Gasteiger partial charge in [0.05, 0.1) is 0 Å². The third-order valence-electron chi connectivity index (χ3n) is 2.30. The number of benzene rings is 2. The van der Waals surface area contributed by atoms with E-state index in [9.17, 15) is 13.2 Å². The second kappa shape index (κ2) is 3.15. The van der Waals surface area contributed by atoms with E-state index in [-0.39, 0.29) is 10.8 Å². The van der Waals surface area contributed by atoms with Crippen LogP contribution >= 0.6 is 0 Å². The largest absolute Gasteiger partial charge is 0.399 e. The first-order valence-corrected chi connectivity index (χ1v) is 4.34. The lowest BCUT2D eigenvalue weighted by molar-refractivity contribution is 0.505. The number of rotatable bonds is 0. The molecular weight excluding hydrogens is 203 g/mol. The van der Waals surface area contributed by atoms with Crippen LogP contribution in [0.5, 0.6) is 0 Å². The minimum atomic E-state index is -1.19. The van der Waals surface area contributed by atoms with Crippen LogP contribution in [0, 0.1) is 24.4 Å². The molecule has 2 aromatic rings. The fourth-order valence-electron chi connectivity index (χ4n) is 1.67. The van der Waals surface area contributed by atoms with E-state index in [1.807, 2.05) is 0 Å². The van der Waals surface area contributed by atoms with Crippen LogP contribution in [-0.2, 0) is 0 Å². The predicted octanol–water partition coefficient (Wildman–Crippen LogP) is 3.15. The highest BCUT2D eigenvalue weighted by atomic mass is 19.2. The monoisotopic (exact) mass is 211 g/mol. The zero-order chi connectivity index (χ0) is 11.2. The predicted molar refractivity (Wildman–Crippen MR) is 53.0 cm³/mol. The summed E-state index contributed by atoms with van der Waals surface area (Å²) in [5.74, 6) is -3.03. The minimum Gasteiger partial charge on any atom is -0.399 e. The Balaban J connectivity index is 3.03. The first kappa shape index (κ1) is 9.83. The summed E-state index contributed by atoms with van der Waals surface area (Å²) in [6, 6.07) is 3.29. The minimum absolute atomic E-state index is 0.00593. The quantitative estimate of drug-likeness (QED) is 0.525.